The van der Waals surface area contributed by atoms with Crippen molar-refractivity contribution < 1.29 is 24.2 Å². The van der Waals surface area contributed by atoms with Gasteiger partial charge in [0.15, 0.2) is 6.04 Å². The van der Waals surface area contributed by atoms with E-state index in [0.717, 1.165) is 0 Å². The fraction of sp³-hybridized carbons (Fsp3) is 0.400. The molecule has 0 aliphatic heterocycles. The van der Waals surface area contributed by atoms with Crippen LogP contribution in [0.1, 0.15) is 24.3 Å². The SMILES string of the molecule is C=CCOCC(NC(=O)c1cccc(OC(C)C)n1)C(=O)O. The predicted molar refractivity (Wildman–Crippen MR) is 79.9 cm³/mol. The van der Waals surface area contributed by atoms with Crippen LogP contribution < -0.4 is 10.1 Å². The first-order chi connectivity index (χ1) is 10.4. The van der Waals surface area contributed by atoms with Crippen LogP contribution in [0.2, 0.25) is 0 Å². The predicted octanol–water partition coefficient (Wildman–Crippen LogP) is 1.25. The molecule has 1 unspecified atom stereocenters. The van der Waals surface area contributed by atoms with Crippen molar-refractivity contribution in [1.82, 2.24) is 10.3 Å². The molecule has 2 N–H and O–H groups in total. The molecule has 0 fully saturated rings. The Kier molecular flexibility index (Phi) is 7.04. The Balaban J connectivity index is 2.72. The molecule has 0 radical (unpaired) electrons. The summed E-state index contributed by atoms with van der Waals surface area (Å²) in [7, 11) is 0. The number of nitrogens with zero attached hydrogens (tertiary/aromatic N) is 1. The summed E-state index contributed by atoms with van der Waals surface area (Å²) in [5, 5.41) is 11.4. The Morgan fingerprint density at radius 1 is 1.45 bits per heavy atom. The fourth-order valence-corrected chi connectivity index (χ4v) is 1.52. The standard InChI is InChI=1S/C15H20N2O5/c1-4-8-21-9-12(15(19)20)17-14(18)11-6-5-7-13(16-11)22-10(2)3/h4-7,10,12H,1,8-9H2,2-3H3,(H,17,18)(H,19,20). The monoisotopic (exact) mass is 308 g/mol. The summed E-state index contributed by atoms with van der Waals surface area (Å²) in [4.78, 5) is 27.2. The molecule has 1 atom stereocenters. The maximum Gasteiger partial charge on any atom is 0.328 e. The van der Waals surface area contributed by atoms with Gasteiger partial charge in [0, 0.05) is 6.07 Å². The molecule has 7 nitrogen and oxygen atoms in total. The average Bonchev–Trinajstić information content (AvgIpc) is 2.45. The molecule has 0 saturated carbocycles. The van der Waals surface area contributed by atoms with Gasteiger partial charge in [-0.05, 0) is 19.9 Å². The molecule has 0 aliphatic carbocycles. The third-order valence-electron chi connectivity index (χ3n) is 2.44. The van der Waals surface area contributed by atoms with Crippen LogP contribution in [0.4, 0.5) is 0 Å². The number of nitrogens with one attached hydrogen (secondary N) is 1. The minimum absolute atomic E-state index is 0.0770. The molecule has 1 heterocycles. The summed E-state index contributed by atoms with van der Waals surface area (Å²) in [6.07, 6.45) is 1.42. The van der Waals surface area contributed by atoms with Crippen molar-refractivity contribution in [3.05, 3.63) is 36.5 Å². The molecule has 120 valence electrons. The molecule has 0 bridgehead atoms. The average molecular weight is 308 g/mol. The molecule has 1 aromatic rings. The Morgan fingerprint density at radius 3 is 2.77 bits per heavy atom. The van der Waals surface area contributed by atoms with Crippen molar-refractivity contribution in [3.63, 3.8) is 0 Å². The second-order valence-corrected chi connectivity index (χ2v) is 4.72. The number of carboxylic acid groups (broad SMARTS) is 1. The highest BCUT2D eigenvalue weighted by Gasteiger charge is 2.21. The van der Waals surface area contributed by atoms with Gasteiger partial charge >= 0.3 is 5.97 Å². The van der Waals surface area contributed by atoms with Gasteiger partial charge in [-0.15, -0.1) is 6.58 Å². The van der Waals surface area contributed by atoms with Crippen molar-refractivity contribution >= 4 is 11.9 Å². The number of rotatable bonds is 9. The number of aromatic nitrogens is 1. The zero-order valence-electron chi connectivity index (χ0n) is 12.6. The normalized spacial score (nSPS) is 11.8. The quantitative estimate of drug-likeness (QED) is 0.526. The third kappa shape index (κ3) is 5.92. The van der Waals surface area contributed by atoms with Gasteiger partial charge in [0.1, 0.15) is 5.69 Å². The maximum atomic E-state index is 12.1. The molecular formula is C15H20N2O5. The van der Waals surface area contributed by atoms with Crippen LogP contribution in [-0.2, 0) is 9.53 Å². The molecule has 0 aromatic carbocycles. The van der Waals surface area contributed by atoms with Gasteiger partial charge < -0.3 is 19.9 Å². The van der Waals surface area contributed by atoms with Crippen molar-refractivity contribution in [2.24, 2.45) is 0 Å². The zero-order valence-corrected chi connectivity index (χ0v) is 12.6. The molecule has 7 heteroatoms. The lowest BCUT2D eigenvalue weighted by Gasteiger charge is -2.14. The van der Waals surface area contributed by atoms with Gasteiger partial charge in [0.25, 0.3) is 5.91 Å². The van der Waals surface area contributed by atoms with Crippen LogP contribution in [0.15, 0.2) is 30.9 Å². The van der Waals surface area contributed by atoms with E-state index >= 15 is 0 Å². The molecule has 22 heavy (non-hydrogen) atoms. The Labute approximate surface area is 129 Å². The molecule has 1 aromatic heterocycles. The molecular weight excluding hydrogens is 288 g/mol. The number of hydrogen-bond donors (Lipinski definition) is 2. The van der Waals surface area contributed by atoms with Crippen molar-refractivity contribution in [3.8, 4) is 5.88 Å². The minimum Gasteiger partial charge on any atom is -0.480 e. The summed E-state index contributed by atoms with van der Waals surface area (Å²) < 4.78 is 10.5. The van der Waals surface area contributed by atoms with E-state index in [9.17, 15) is 9.59 Å². The topological polar surface area (TPSA) is 97.8 Å². The fourth-order valence-electron chi connectivity index (χ4n) is 1.52. The summed E-state index contributed by atoms with van der Waals surface area (Å²) in [6, 6.07) is 3.55. The smallest absolute Gasteiger partial charge is 0.328 e. The van der Waals surface area contributed by atoms with Crippen molar-refractivity contribution in [2.45, 2.75) is 26.0 Å². The Morgan fingerprint density at radius 2 is 2.18 bits per heavy atom. The van der Waals surface area contributed by atoms with Crippen LogP contribution in [0.5, 0.6) is 5.88 Å². The highest BCUT2D eigenvalue weighted by atomic mass is 16.5. The summed E-state index contributed by atoms with van der Waals surface area (Å²) in [5.41, 5.74) is 0.0770. The second kappa shape index (κ2) is 8.78. The van der Waals surface area contributed by atoms with E-state index in [-0.39, 0.29) is 25.0 Å². The zero-order chi connectivity index (χ0) is 16.5. The summed E-state index contributed by atoms with van der Waals surface area (Å²) >= 11 is 0. The lowest BCUT2D eigenvalue weighted by atomic mass is 10.2. The van der Waals surface area contributed by atoms with E-state index in [1.165, 1.54) is 12.1 Å². The number of pyridine rings is 1. The summed E-state index contributed by atoms with van der Waals surface area (Å²) in [5.74, 6) is -1.49. The lowest BCUT2D eigenvalue weighted by molar-refractivity contribution is -0.140. The van der Waals surface area contributed by atoms with E-state index in [2.05, 4.69) is 16.9 Å². The number of hydrogen-bond acceptors (Lipinski definition) is 5. The van der Waals surface area contributed by atoms with Gasteiger partial charge in [-0.3, -0.25) is 4.79 Å². The van der Waals surface area contributed by atoms with E-state index < -0.39 is 17.9 Å². The van der Waals surface area contributed by atoms with Crippen molar-refractivity contribution in [2.75, 3.05) is 13.2 Å². The minimum atomic E-state index is -1.19. The molecule has 0 spiro atoms. The van der Waals surface area contributed by atoms with Gasteiger partial charge in [-0.2, -0.15) is 0 Å². The third-order valence-corrected chi connectivity index (χ3v) is 2.44. The van der Waals surface area contributed by atoms with Gasteiger partial charge in [-0.1, -0.05) is 12.1 Å². The van der Waals surface area contributed by atoms with Gasteiger partial charge in [0.2, 0.25) is 5.88 Å². The highest BCUT2D eigenvalue weighted by molar-refractivity contribution is 5.95. The number of carboxylic acids is 1. The lowest BCUT2D eigenvalue weighted by Crippen LogP contribution is -2.44. The molecule has 1 amide bonds. The maximum absolute atomic E-state index is 12.1. The van der Waals surface area contributed by atoms with Crippen LogP contribution >= 0.6 is 0 Å². The molecule has 1 rings (SSSR count). The van der Waals surface area contributed by atoms with Crippen LogP contribution in [0, 0.1) is 0 Å². The van der Waals surface area contributed by atoms with E-state index in [4.69, 9.17) is 14.6 Å². The molecule has 0 aliphatic rings. The first-order valence-corrected chi connectivity index (χ1v) is 6.80. The Bertz CT molecular complexity index is 530. The van der Waals surface area contributed by atoms with Gasteiger partial charge in [0.05, 0.1) is 19.3 Å². The number of amides is 1. The van der Waals surface area contributed by atoms with Crippen LogP contribution in [0.25, 0.3) is 0 Å². The Hall–Kier alpha value is -2.41. The number of carbonyl (C=O) groups excluding carboxylic acids is 1. The number of ether oxygens (including phenoxy) is 2. The number of aliphatic carboxylic acids is 1. The van der Waals surface area contributed by atoms with E-state index in [1.54, 1.807) is 12.1 Å². The van der Waals surface area contributed by atoms with Crippen LogP contribution in [0.3, 0.4) is 0 Å². The second-order valence-electron chi connectivity index (χ2n) is 4.72. The van der Waals surface area contributed by atoms with E-state index in [0.29, 0.717) is 5.88 Å². The molecule has 0 saturated heterocycles. The first kappa shape index (κ1) is 17.6. The van der Waals surface area contributed by atoms with Crippen molar-refractivity contribution in [1.29, 1.82) is 0 Å². The largest absolute Gasteiger partial charge is 0.480 e. The van der Waals surface area contributed by atoms with Gasteiger partial charge in [-0.25, -0.2) is 9.78 Å². The van der Waals surface area contributed by atoms with Crippen LogP contribution in [-0.4, -0.2) is 47.3 Å². The van der Waals surface area contributed by atoms with E-state index in [1.807, 2.05) is 13.8 Å². The first-order valence-electron chi connectivity index (χ1n) is 6.80. The summed E-state index contributed by atoms with van der Waals surface area (Å²) in [6.45, 7) is 7.19. The number of carbonyl (C=O) groups is 2. The highest BCUT2D eigenvalue weighted by Crippen LogP contribution is 2.09.